The Kier molecular flexibility index (Phi) is 2.46. The van der Waals surface area contributed by atoms with Gasteiger partial charge in [0.25, 0.3) is 5.91 Å². The second-order valence-electron chi connectivity index (χ2n) is 3.45. The molecule has 1 aliphatic carbocycles. The Morgan fingerprint density at radius 1 is 1.50 bits per heavy atom. The van der Waals surface area contributed by atoms with Gasteiger partial charge in [0.15, 0.2) is 0 Å². The van der Waals surface area contributed by atoms with E-state index in [9.17, 15) is 4.79 Å². The maximum Gasteiger partial charge on any atom is 0.254 e. The maximum absolute atomic E-state index is 11.7. The number of hydrogen-bond donors (Lipinski definition) is 2. The van der Waals surface area contributed by atoms with E-state index in [0.29, 0.717) is 17.3 Å². The number of halogens is 1. The molecule has 1 aliphatic rings. The van der Waals surface area contributed by atoms with Gasteiger partial charge < -0.3 is 11.1 Å². The molecule has 4 heteroatoms. The Morgan fingerprint density at radius 3 is 2.79 bits per heavy atom. The second kappa shape index (κ2) is 3.61. The molecule has 0 unspecified atom stereocenters. The molecule has 14 heavy (non-hydrogen) atoms. The number of nitrogens with two attached hydrogens (primary N) is 1. The lowest BCUT2D eigenvalue weighted by Gasteiger charge is -2.07. The predicted octanol–water partition coefficient (Wildman–Crippen LogP) is 1.92. The molecule has 1 amide bonds. The van der Waals surface area contributed by atoms with Crippen molar-refractivity contribution in [2.24, 2.45) is 0 Å². The largest absolute Gasteiger partial charge is 0.398 e. The number of benzene rings is 1. The van der Waals surface area contributed by atoms with Crippen molar-refractivity contribution in [3.63, 3.8) is 0 Å². The van der Waals surface area contributed by atoms with Crippen LogP contribution in [0.1, 0.15) is 23.2 Å². The molecule has 0 aliphatic heterocycles. The van der Waals surface area contributed by atoms with E-state index >= 15 is 0 Å². The summed E-state index contributed by atoms with van der Waals surface area (Å²) in [6.07, 6.45) is 2.16. The fourth-order valence-corrected chi connectivity index (χ4v) is 1.83. The van der Waals surface area contributed by atoms with E-state index in [2.05, 4.69) is 21.2 Å². The summed E-state index contributed by atoms with van der Waals surface area (Å²) in [5.41, 5.74) is 6.78. The van der Waals surface area contributed by atoms with Crippen LogP contribution in [0.2, 0.25) is 0 Å². The summed E-state index contributed by atoms with van der Waals surface area (Å²) in [6, 6.07) is 5.71. The summed E-state index contributed by atoms with van der Waals surface area (Å²) in [4.78, 5) is 11.7. The lowest BCUT2D eigenvalue weighted by atomic mass is 10.1. The third-order valence-corrected chi connectivity index (χ3v) is 2.85. The van der Waals surface area contributed by atoms with Crippen molar-refractivity contribution in [2.75, 3.05) is 5.73 Å². The Hall–Kier alpha value is -1.03. The van der Waals surface area contributed by atoms with E-state index in [4.69, 9.17) is 5.73 Å². The van der Waals surface area contributed by atoms with Crippen molar-refractivity contribution >= 4 is 27.5 Å². The van der Waals surface area contributed by atoms with Crippen LogP contribution in [0.25, 0.3) is 0 Å². The van der Waals surface area contributed by atoms with E-state index in [1.54, 1.807) is 6.07 Å². The first-order valence-corrected chi connectivity index (χ1v) is 5.32. The third kappa shape index (κ3) is 1.90. The molecule has 3 N–H and O–H groups in total. The molecule has 0 bridgehead atoms. The molecule has 0 aromatic heterocycles. The molecule has 0 spiro atoms. The molecular weight excluding hydrogens is 244 g/mol. The van der Waals surface area contributed by atoms with E-state index in [0.717, 1.165) is 17.3 Å². The van der Waals surface area contributed by atoms with Crippen molar-refractivity contribution in [3.05, 3.63) is 28.2 Å². The summed E-state index contributed by atoms with van der Waals surface area (Å²) >= 11 is 3.32. The van der Waals surface area contributed by atoms with Gasteiger partial charge in [-0.2, -0.15) is 0 Å². The highest BCUT2D eigenvalue weighted by molar-refractivity contribution is 9.10. The van der Waals surface area contributed by atoms with E-state index in [1.807, 2.05) is 12.1 Å². The number of carbonyl (C=O) groups is 1. The SMILES string of the molecule is Nc1cccc(Br)c1C(=O)NC1CC1. The highest BCUT2D eigenvalue weighted by Crippen LogP contribution is 2.25. The molecule has 0 heterocycles. The number of hydrogen-bond acceptors (Lipinski definition) is 2. The van der Waals surface area contributed by atoms with Crippen LogP contribution in [0.3, 0.4) is 0 Å². The lowest BCUT2D eigenvalue weighted by molar-refractivity contribution is 0.0951. The Labute approximate surface area is 90.8 Å². The van der Waals surface area contributed by atoms with Crippen LogP contribution in [-0.2, 0) is 0 Å². The molecule has 0 saturated heterocycles. The van der Waals surface area contributed by atoms with Crippen LogP contribution < -0.4 is 11.1 Å². The number of carbonyl (C=O) groups excluding carboxylic acids is 1. The monoisotopic (exact) mass is 254 g/mol. The highest BCUT2D eigenvalue weighted by Gasteiger charge is 2.25. The first kappa shape index (κ1) is 9.52. The van der Waals surface area contributed by atoms with Crippen molar-refractivity contribution < 1.29 is 4.79 Å². The van der Waals surface area contributed by atoms with Gasteiger partial charge in [0.1, 0.15) is 0 Å². The zero-order chi connectivity index (χ0) is 10.1. The second-order valence-corrected chi connectivity index (χ2v) is 4.31. The van der Waals surface area contributed by atoms with Gasteiger partial charge in [0.05, 0.1) is 5.56 Å². The molecule has 3 nitrogen and oxygen atoms in total. The van der Waals surface area contributed by atoms with Crippen LogP contribution in [0, 0.1) is 0 Å². The molecule has 1 aromatic carbocycles. The highest BCUT2D eigenvalue weighted by atomic mass is 79.9. The quantitative estimate of drug-likeness (QED) is 0.793. The van der Waals surface area contributed by atoms with Crippen molar-refractivity contribution in [2.45, 2.75) is 18.9 Å². The first-order valence-electron chi connectivity index (χ1n) is 4.53. The smallest absolute Gasteiger partial charge is 0.254 e. The maximum atomic E-state index is 11.7. The normalized spacial score (nSPS) is 15.2. The van der Waals surface area contributed by atoms with Crippen molar-refractivity contribution in [1.29, 1.82) is 0 Å². The Balaban J connectivity index is 2.24. The topological polar surface area (TPSA) is 55.1 Å². The molecule has 2 rings (SSSR count). The zero-order valence-electron chi connectivity index (χ0n) is 7.59. The lowest BCUT2D eigenvalue weighted by Crippen LogP contribution is -2.26. The summed E-state index contributed by atoms with van der Waals surface area (Å²) < 4.78 is 0.746. The third-order valence-electron chi connectivity index (χ3n) is 2.19. The van der Waals surface area contributed by atoms with Crippen LogP contribution in [0.15, 0.2) is 22.7 Å². The first-order chi connectivity index (χ1) is 6.68. The van der Waals surface area contributed by atoms with Gasteiger partial charge in [-0.25, -0.2) is 0 Å². The van der Waals surface area contributed by atoms with E-state index in [-0.39, 0.29) is 5.91 Å². The number of rotatable bonds is 2. The van der Waals surface area contributed by atoms with Crippen molar-refractivity contribution in [3.8, 4) is 0 Å². The molecule has 74 valence electrons. The molecule has 0 radical (unpaired) electrons. The van der Waals surface area contributed by atoms with Gasteiger partial charge in [0, 0.05) is 16.2 Å². The summed E-state index contributed by atoms with van der Waals surface area (Å²) in [6.45, 7) is 0. The van der Waals surface area contributed by atoms with Gasteiger partial charge in [0.2, 0.25) is 0 Å². The number of nitrogens with one attached hydrogen (secondary N) is 1. The standard InChI is InChI=1S/C10H11BrN2O/c11-7-2-1-3-8(12)9(7)10(14)13-6-4-5-6/h1-3,6H,4-5,12H2,(H,13,14). The van der Waals surface area contributed by atoms with Gasteiger partial charge in [-0.15, -0.1) is 0 Å². The van der Waals surface area contributed by atoms with Gasteiger partial charge in [-0.3, -0.25) is 4.79 Å². The number of nitrogen functional groups attached to an aromatic ring is 1. The minimum absolute atomic E-state index is 0.0857. The van der Waals surface area contributed by atoms with Crippen LogP contribution in [0.5, 0.6) is 0 Å². The molecule has 1 fully saturated rings. The zero-order valence-corrected chi connectivity index (χ0v) is 9.17. The summed E-state index contributed by atoms with van der Waals surface area (Å²) in [5, 5.41) is 2.90. The summed E-state index contributed by atoms with van der Waals surface area (Å²) in [7, 11) is 0. The Morgan fingerprint density at radius 2 is 2.21 bits per heavy atom. The average Bonchev–Trinajstić information content (AvgIpc) is 2.87. The van der Waals surface area contributed by atoms with E-state index in [1.165, 1.54) is 0 Å². The van der Waals surface area contributed by atoms with Gasteiger partial charge >= 0.3 is 0 Å². The van der Waals surface area contributed by atoms with Crippen molar-refractivity contribution in [1.82, 2.24) is 5.32 Å². The minimum Gasteiger partial charge on any atom is -0.398 e. The molecule has 0 atom stereocenters. The fraction of sp³-hybridized carbons (Fsp3) is 0.300. The Bertz CT molecular complexity index is 354. The number of anilines is 1. The van der Waals surface area contributed by atoms with E-state index < -0.39 is 0 Å². The van der Waals surface area contributed by atoms with Gasteiger partial charge in [-0.1, -0.05) is 6.07 Å². The molecule has 1 saturated carbocycles. The van der Waals surface area contributed by atoms with Crippen LogP contribution in [-0.4, -0.2) is 11.9 Å². The van der Waals surface area contributed by atoms with Crippen LogP contribution >= 0.6 is 15.9 Å². The number of amides is 1. The minimum atomic E-state index is -0.0857. The summed E-state index contributed by atoms with van der Waals surface area (Å²) in [5.74, 6) is -0.0857. The van der Waals surface area contributed by atoms with Gasteiger partial charge in [-0.05, 0) is 40.9 Å². The average molecular weight is 255 g/mol. The predicted molar refractivity (Wildman–Crippen MR) is 59.0 cm³/mol. The molecule has 1 aromatic rings. The molecular formula is C10H11BrN2O. The fourth-order valence-electron chi connectivity index (χ4n) is 1.27. The van der Waals surface area contributed by atoms with Crippen LogP contribution in [0.4, 0.5) is 5.69 Å².